The van der Waals surface area contributed by atoms with E-state index in [1.165, 1.54) is 0 Å². The lowest BCUT2D eigenvalue weighted by atomic mass is 10.00. The van der Waals surface area contributed by atoms with Crippen LogP contribution in [-0.2, 0) is 10.0 Å². The molecule has 1 aliphatic heterocycles. The van der Waals surface area contributed by atoms with E-state index in [-0.39, 0.29) is 11.7 Å². The highest BCUT2D eigenvalue weighted by atomic mass is 32.2. The van der Waals surface area contributed by atoms with Crippen LogP contribution >= 0.6 is 0 Å². The molecule has 0 aliphatic carbocycles. The van der Waals surface area contributed by atoms with E-state index < -0.39 is 10.0 Å². The first-order valence-corrected chi connectivity index (χ1v) is 9.49. The maximum Gasteiger partial charge on any atom is 0.248 e. The molecule has 1 aromatic carbocycles. The molecule has 0 spiro atoms. The van der Waals surface area contributed by atoms with Crippen molar-refractivity contribution in [2.24, 2.45) is 0 Å². The smallest absolute Gasteiger partial charge is 0.248 e. The van der Waals surface area contributed by atoms with Gasteiger partial charge in [-0.1, -0.05) is 18.2 Å². The summed E-state index contributed by atoms with van der Waals surface area (Å²) in [5, 5.41) is 8.31. The Morgan fingerprint density at radius 3 is 2.83 bits per heavy atom. The van der Waals surface area contributed by atoms with E-state index in [0.717, 1.165) is 24.0 Å². The van der Waals surface area contributed by atoms with Crippen LogP contribution in [0.25, 0.3) is 11.5 Å². The third-order valence-electron chi connectivity index (χ3n) is 4.31. The second-order valence-electron chi connectivity index (χ2n) is 5.86. The van der Waals surface area contributed by atoms with Crippen molar-refractivity contribution in [1.29, 1.82) is 0 Å². The van der Waals surface area contributed by atoms with Gasteiger partial charge in [0, 0.05) is 18.7 Å². The van der Waals surface area contributed by atoms with Crippen LogP contribution in [0.5, 0.6) is 0 Å². The summed E-state index contributed by atoms with van der Waals surface area (Å²) < 4.78 is 31.5. The Morgan fingerprint density at radius 2 is 2.09 bits per heavy atom. The number of hydrogen-bond acceptors (Lipinski definition) is 5. The molecule has 1 saturated heterocycles. The molecule has 0 N–H and O–H groups in total. The van der Waals surface area contributed by atoms with Gasteiger partial charge in [-0.15, -0.1) is 10.2 Å². The number of aryl methyl sites for hydroxylation is 1. The van der Waals surface area contributed by atoms with Gasteiger partial charge in [-0.25, -0.2) is 12.7 Å². The highest BCUT2D eigenvalue weighted by Gasteiger charge is 2.31. The zero-order valence-corrected chi connectivity index (χ0v) is 14.2. The predicted octanol–water partition coefficient (Wildman–Crippen LogP) is 2.57. The maximum atomic E-state index is 12.1. The topological polar surface area (TPSA) is 76.3 Å². The highest BCUT2D eigenvalue weighted by molar-refractivity contribution is 7.89. The number of nitrogens with zero attached hydrogens (tertiary/aromatic N) is 3. The van der Waals surface area contributed by atoms with E-state index in [4.69, 9.17) is 4.42 Å². The Morgan fingerprint density at radius 1 is 1.30 bits per heavy atom. The minimum Gasteiger partial charge on any atom is -0.420 e. The largest absolute Gasteiger partial charge is 0.420 e. The number of benzene rings is 1. The van der Waals surface area contributed by atoms with Crippen LogP contribution in [0.2, 0.25) is 0 Å². The van der Waals surface area contributed by atoms with Gasteiger partial charge in [-0.2, -0.15) is 0 Å². The molecule has 2 heterocycles. The van der Waals surface area contributed by atoms with Gasteiger partial charge in [-0.3, -0.25) is 0 Å². The maximum absolute atomic E-state index is 12.1. The monoisotopic (exact) mass is 335 g/mol. The number of rotatable bonds is 4. The number of sulfonamides is 1. The third kappa shape index (κ3) is 3.30. The molecule has 124 valence electrons. The Hall–Kier alpha value is -1.73. The lowest BCUT2D eigenvalue weighted by Gasteiger charge is -2.29. The Kier molecular flexibility index (Phi) is 4.50. The molecule has 1 fully saturated rings. The summed E-state index contributed by atoms with van der Waals surface area (Å²) in [6, 6.07) is 7.84. The number of piperidine rings is 1. The molecule has 7 heteroatoms. The van der Waals surface area contributed by atoms with Crippen molar-refractivity contribution in [2.75, 3.05) is 18.8 Å². The van der Waals surface area contributed by atoms with Crippen LogP contribution in [0.3, 0.4) is 0 Å². The molecule has 0 radical (unpaired) electrons. The summed E-state index contributed by atoms with van der Waals surface area (Å²) in [5.74, 6) is 1.11. The van der Waals surface area contributed by atoms with Crippen LogP contribution in [0.15, 0.2) is 28.7 Å². The Labute approximate surface area is 136 Å². The first-order chi connectivity index (χ1) is 11.0. The summed E-state index contributed by atoms with van der Waals surface area (Å²) in [4.78, 5) is 0. The molecule has 2 aromatic rings. The fourth-order valence-electron chi connectivity index (χ4n) is 2.90. The normalized spacial score (nSPS) is 19.8. The van der Waals surface area contributed by atoms with E-state index >= 15 is 0 Å². The van der Waals surface area contributed by atoms with Gasteiger partial charge in [-0.05, 0) is 38.3 Å². The highest BCUT2D eigenvalue weighted by Crippen LogP contribution is 2.30. The predicted molar refractivity (Wildman–Crippen MR) is 87.5 cm³/mol. The first kappa shape index (κ1) is 16.1. The molecule has 1 aromatic heterocycles. The Bertz CT molecular complexity index is 785. The molecule has 6 nitrogen and oxygen atoms in total. The van der Waals surface area contributed by atoms with Gasteiger partial charge in [0.2, 0.25) is 21.8 Å². The Balaban J connectivity index is 1.82. The van der Waals surface area contributed by atoms with Crippen molar-refractivity contribution in [1.82, 2.24) is 14.5 Å². The van der Waals surface area contributed by atoms with Crippen molar-refractivity contribution in [3.05, 3.63) is 35.7 Å². The summed E-state index contributed by atoms with van der Waals surface area (Å²) in [7, 11) is -3.17. The third-order valence-corrected chi connectivity index (χ3v) is 6.16. The SMILES string of the molecule is CCS(=O)(=O)N1CCC[C@@H](c2nnc(-c3ccccc3C)o2)C1. The van der Waals surface area contributed by atoms with E-state index in [0.29, 0.717) is 24.9 Å². The van der Waals surface area contributed by atoms with Crippen molar-refractivity contribution in [2.45, 2.75) is 32.6 Å². The summed E-state index contributed by atoms with van der Waals surface area (Å²) >= 11 is 0. The molecule has 3 rings (SSSR count). The van der Waals surface area contributed by atoms with Crippen LogP contribution < -0.4 is 0 Å². The fourth-order valence-corrected chi connectivity index (χ4v) is 4.08. The van der Waals surface area contributed by atoms with Gasteiger partial charge in [0.25, 0.3) is 0 Å². The standard InChI is InChI=1S/C16H21N3O3S/c1-3-23(20,21)19-10-6-8-13(11-19)15-17-18-16(22-15)14-9-5-4-7-12(14)2/h4-5,7,9,13H,3,6,8,10-11H2,1-2H3/t13-/m1/s1. The summed E-state index contributed by atoms with van der Waals surface area (Å²) in [5.41, 5.74) is 1.99. The summed E-state index contributed by atoms with van der Waals surface area (Å²) in [6.45, 7) is 4.66. The molecule has 0 amide bonds. The molecule has 1 atom stereocenters. The van der Waals surface area contributed by atoms with Crippen LogP contribution in [-0.4, -0.2) is 41.8 Å². The van der Waals surface area contributed by atoms with Crippen molar-refractivity contribution < 1.29 is 12.8 Å². The van der Waals surface area contributed by atoms with Gasteiger partial charge in [0.05, 0.1) is 11.7 Å². The average Bonchev–Trinajstić information content (AvgIpc) is 3.05. The van der Waals surface area contributed by atoms with Gasteiger partial charge < -0.3 is 4.42 Å². The summed E-state index contributed by atoms with van der Waals surface area (Å²) in [6.07, 6.45) is 1.68. The minimum atomic E-state index is -3.17. The first-order valence-electron chi connectivity index (χ1n) is 7.88. The minimum absolute atomic E-state index is 0.0321. The molecule has 0 unspecified atom stereocenters. The lowest BCUT2D eigenvalue weighted by molar-refractivity contribution is 0.286. The number of hydrogen-bond donors (Lipinski definition) is 0. The zero-order chi connectivity index (χ0) is 16.4. The van der Waals surface area contributed by atoms with E-state index in [9.17, 15) is 8.42 Å². The molecular formula is C16H21N3O3S. The van der Waals surface area contributed by atoms with Crippen LogP contribution in [0, 0.1) is 6.92 Å². The second-order valence-corrected chi connectivity index (χ2v) is 8.12. The van der Waals surface area contributed by atoms with Crippen LogP contribution in [0.4, 0.5) is 0 Å². The van der Waals surface area contributed by atoms with Gasteiger partial charge in [0.15, 0.2) is 0 Å². The molecule has 0 bridgehead atoms. The van der Waals surface area contributed by atoms with Gasteiger partial charge in [0.1, 0.15) is 0 Å². The molecule has 1 aliphatic rings. The van der Waals surface area contributed by atoms with Crippen molar-refractivity contribution in [3.8, 4) is 11.5 Å². The van der Waals surface area contributed by atoms with E-state index in [2.05, 4.69) is 10.2 Å². The van der Waals surface area contributed by atoms with Crippen molar-refractivity contribution >= 4 is 10.0 Å². The second kappa shape index (κ2) is 6.41. The fraction of sp³-hybridized carbons (Fsp3) is 0.500. The number of aromatic nitrogens is 2. The van der Waals surface area contributed by atoms with Crippen LogP contribution in [0.1, 0.15) is 37.1 Å². The zero-order valence-electron chi connectivity index (χ0n) is 13.4. The van der Waals surface area contributed by atoms with Crippen molar-refractivity contribution in [3.63, 3.8) is 0 Å². The quantitative estimate of drug-likeness (QED) is 0.858. The lowest BCUT2D eigenvalue weighted by Crippen LogP contribution is -2.39. The van der Waals surface area contributed by atoms with E-state index in [1.54, 1.807) is 11.2 Å². The van der Waals surface area contributed by atoms with Gasteiger partial charge >= 0.3 is 0 Å². The molecular weight excluding hydrogens is 314 g/mol. The molecule has 0 saturated carbocycles. The average molecular weight is 335 g/mol. The molecule has 23 heavy (non-hydrogen) atoms. The van der Waals surface area contributed by atoms with E-state index in [1.807, 2.05) is 31.2 Å².